The number of rotatable bonds is 4. The van der Waals surface area contributed by atoms with Crippen LogP contribution in [0.3, 0.4) is 0 Å². The summed E-state index contributed by atoms with van der Waals surface area (Å²) in [5.74, 6) is 1.59. The molecular formula is C18H23N5O. The lowest BCUT2D eigenvalue weighted by molar-refractivity contribution is 0.227. The Morgan fingerprint density at radius 2 is 1.79 bits per heavy atom. The van der Waals surface area contributed by atoms with Crippen molar-refractivity contribution in [2.75, 3.05) is 20.1 Å². The molecule has 2 heterocycles. The van der Waals surface area contributed by atoms with Crippen LogP contribution >= 0.6 is 0 Å². The van der Waals surface area contributed by atoms with Crippen LogP contribution in [0.2, 0.25) is 0 Å². The number of benzene rings is 1. The van der Waals surface area contributed by atoms with Gasteiger partial charge in [-0.1, -0.05) is 17.3 Å². The molecular weight excluding hydrogens is 302 g/mol. The van der Waals surface area contributed by atoms with Gasteiger partial charge in [0.15, 0.2) is 0 Å². The monoisotopic (exact) mass is 325 g/mol. The van der Waals surface area contributed by atoms with E-state index < -0.39 is 0 Å². The molecule has 6 nitrogen and oxygen atoms in total. The normalized spacial score (nSPS) is 16.3. The first-order chi connectivity index (χ1) is 11.5. The summed E-state index contributed by atoms with van der Waals surface area (Å²) in [6.45, 7) is 5.55. The van der Waals surface area contributed by atoms with E-state index in [-0.39, 0.29) is 0 Å². The molecule has 6 heteroatoms. The van der Waals surface area contributed by atoms with Crippen molar-refractivity contribution in [2.24, 2.45) is 0 Å². The molecule has 3 rings (SSSR count). The number of aromatic nitrogens is 2. The van der Waals surface area contributed by atoms with Crippen LogP contribution in [0.15, 0.2) is 22.7 Å². The zero-order valence-electron chi connectivity index (χ0n) is 14.4. The van der Waals surface area contributed by atoms with Crippen LogP contribution in [0.4, 0.5) is 0 Å². The Balaban J connectivity index is 1.88. The molecule has 1 aliphatic heterocycles. The minimum absolute atomic E-state index is 0.328. The number of hydrogen-bond acceptors (Lipinski definition) is 6. The number of nitrogens with zero attached hydrogens (tertiary/aromatic N) is 3. The summed E-state index contributed by atoms with van der Waals surface area (Å²) in [5.41, 5.74) is 3.21. The van der Waals surface area contributed by atoms with Crippen molar-refractivity contribution in [3.63, 3.8) is 0 Å². The van der Waals surface area contributed by atoms with Crippen LogP contribution in [0.1, 0.15) is 49.6 Å². The van der Waals surface area contributed by atoms with Crippen LogP contribution in [-0.4, -0.2) is 46.6 Å². The number of likely N-dealkylation sites (tertiary alicyclic amines) is 1. The highest BCUT2D eigenvalue weighted by molar-refractivity contribution is 6.09. The zero-order chi connectivity index (χ0) is 17.3. The van der Waals surface area contributed by atoms with E-state index in [9.17, 15) is 0 Å². The van der Waals surface area contributed by atoms with Crippen LogP contribution in [-0.2, 0) is 0 Å². The van der Waals surface area contributed by atoms with E-state index in [1.54, 1.807) is 13.8 Å². The highest BCUT2D eigenvalue weighted by Crippen LogP contribution is 2.28. The summed E-state index contributed by atoms with van der Waals surface area (Å²) in [4.78, 5) is 6.89. The van der Waals surface area contributed by atoms with Crippen molar-refractivity contribution in [3.05, 3.63) is 35.2 Å². The Kier molecular flexibility index (Phi) is 4.57. The molecule has 0 atom stereocenters. The summed E-state index contributed by atoms with van der Waals surface area (Å²) in [7, 11) is 2.13. The molecule has 1 saturated heterocycles. The molecule has 0 radical (unpaired) electrons. The van der Waals surface area contributed by atoms with Gasteiger partial charge in [0.05, 0.1) is 0 Å². The van der Waals surface area contributed by atoms with Crippen LogP contribution < -0.4 is 0 Å². The van der Waals surface area contributed by atoms with Crippen molar-refractivity contribution >= 4 is 11.4 Å². The summed E-state index contributed by atoms with van der Waals surface area (Å²) >= 11 is 0. The van der Waals surface area contributed by atoms with Crippen molar-refractivity contribution in [2.45, 2.75) is 32.6 Å². The molecule has 0 bridgehead atoms. The Morgan fingerprint density at radius 1 is 1.12 bits per heavy atom. The van der Waals surface area contributed by atoms with E-state index in [1.165, 1.54) is 0 Å². The maximum atomic E-state index is 7.95. The first-order valence-corrected chi connectivity index (χ1v) is 8.23. The van der Waals surface area contributed by atoms with Crippen LogP contribution in [0, 0.1) is 10.8 Å². The standard InChI is InChI=1S/C18H23N5O/c1-11(19)15-5-4-14(10-16(15)12(2)20)17-21-18(24-22-17)13-6-8-23(3)9-7-13/h4-5,10,13,19-20H,6-9H2,1-3H3. The maximum Gasteiger partial charge on any atom is 0.230 e. The quantitative estimate of drug-likeness (QED) is 0.844. The van der Waals surface area contributed by atoms with Gasteiger partial charge in [0, 0.05) is 34.0 Å². The van der Waals surface area contributed by atoms with Crippen molar-refractivity contribution in [1.29, 1.82) is 10.8 Å². The molecule has 1 aromatic carbocycles. The van der Waals surface area contributed by atoms with E-state index in [2.05, 4.69) is 22.1 Å². The molecule has 2 N–H and O–H groups in total. The van der Waals surface area contributed by atoms with Crippen molar-refractivity contribution < 1.29 is 4.52 Å². The van der Waals surface area contributed by atoms with E-state index in [1.807, 2.05) is 18.2 Å². The second-order valence-electron chi connectivity index (χ2n) is 6.54. The minimum Gasteiger partial charge on any atom is -0.339 e. The molecule has 1 aromatic heterocycles. The third-order valence-corrected chi connectivity index (χ3v) is 4.60. The molecule has 1 fully saturated rings. The summed E-state index contributed by atoms with van der Waals surface area (Å²) in [5, 5.41) is 19.9. The lowest BCUT2D eigenvalue weighted by atomic mass is 9.96. The van der Waals surface area contributed by atoms with Gasteiger partial charge in [0.1, 0.15) is 0 Å². The van der Waals surface area contributed by atoms with Gasteiger partial charge in [-0.05, 0) is 52.9 Å². The summed E-state index contributed by atoms with van der Waals surface area (Å²) in [6, 6.07) is 5.62. The highest BCUT2D eigenvalue weighted by atomic mass is 16.5. The number of hydrogen-bond donors (Lipinski definition) is 2. The Hall–Kier alpha value is -2.34. The SMILES string of the molecule is CC(=N)c1ccc(-c2noc(C3CCN(C)CC3)n2)cc1C(C)=N. The fourth-order valence-electron chi connectivity index (χ4n) is 3.09. The minimum atomic E-state index is 0.328. The molecule has 1 aliphatic rings. The average molecular weight is 325 g/mol. The van der Waals surface area contributed by atoms with E-state index in [0.717, 1.165) is 42.6 Å². The zero-order valence-corrected chi connectivity index (χ0v) is 14.4. The topological polar surface area (TPSA) is 89.9 Å². The fourth-order valence-corrected chi connectivity index (χ4v) is 3.09. The van der Waals surface area contributed by atoms with Gasteiger partial charge in [0.2, 0.25) is 11.7 Å². The van der Waals surface area contributed by atoms with Gasteiger partial charge in [-0.15, -0.1) is 0 Å². The first kappa shape index (κ1) is 16.5. The van der Waals surface area contributed by atoms with Crippen LogP contribution in [0.5, 0.6) is 0 Å². The maximum absolute atomic E-state index is 7.95. The number of nitrogens with one attached hydrogen (secondary N) is 2. The first-order valence-electron chi connectivity index (χ1n) is 8.23. The van der Waals surface area contributed by atoms with Gasteiger partial charge in [0.25, 0.3) is 0 Å². The van der Waals surface area contributed by atoms with Gasteiger partial charge in [-0.3, -0.25) is 0 Å². The molecule has 0 aliphatic carbocycles. The molecule has 126 valence electrons. The average Bonchev–Trinajstić information content (AvgIpc) is 3.04. The van der Waals surface area contributed by atoms with Gasteiger partial charge in [-0.25, -0.2) is 0 Å². The smallest absolute Gasteiger partial charge is 0.230 e. The van der Waals surface area contributed by atoms with Crippen molar-refractivity contribution in [1.82, 2.24) is 15.0 Å². The van der Waals surface area contributed by atoms with Gasteiger partial charge >= 0.3 is 0 Å². The lowest BCUT2D eigenvalue weighted by Gasteiger charge is -2.26. The van der Waals surface area contributed by atoms with E-state index in [4.69, 9.17) is 15.3 Å². The predicted molar refractivity (Wildman–Crippen MR) is 94.2 cm³/mol. The second-order valence-corrected chi connectivity index (χ2v) is 6.54. The van der Waals surface area contributed by atoms with E-state index in [0.29, 0.717) is 29.1 Å². The fraction of sp³-hybridized carbons (Fsp3) is 0.444. The van der Waals surface area contributed by atoms with E-state index >= 15 is 0 Å². The summed E-state index contributed by atoms with van der Waals surface area (Å²) in [6.07, 6.45) is 2.07. The third-order valence-electron chi connectivity index (χ3n) is 4.60. The second kappa shape index (κ2) is 6.65. The van der Waals surface area contributed by atoms with Gasteiger partial charge < -0.3 is 20.2 Å². The molecule has 0 unspecified atom stereocenters. The summed E-state index contributed by atoms with van der Waals surface area (Å²) < 4.78 is 5.50. The lowest BCUT2D eigenvalue weighted by Crippen LogP contribution is -2.29. The largest absolute Gasteiger partial charge is 0.339 e. The molecule has 0 saturated carbocycles. The number of piperidine rings is 1. The Bertz CT molecular complexity index is 771. The predicted octanol–water partition coefficient (Wildman–Crippen LogP) is 3.32. The van der Waals surface area contributed by atoms with Gasteiger partial charge in [-0.2, -0.15) is 4.98 Å². The Labute approximate surface area is 141 Å². The highest BCUT2D eigenvalue weighted by Gasteiger charge is 2.24. The van der Waals surface area contributed by atoms with Crippen LogP contribution in [0.25, 0.3) is 11.4 Å². The van der Waals surface area contributed by atoms with Crippen molar-refractivity contribution in [3.8, 4) is 11.4 Å². The molecule has 0 spiro atoms. The third kappa shape index (κ3) is 3.28. The molecule has 2 aromatic rings. The molecule has 0 amide bonds. The Morgan fingerprint density at radius 3 is 2.42 bits per heavy atom. The molecule has 24 heavy (non-hydrogen) atoms.